The van der Waals surface area contributed by atoms with E-state index >= 15 is 0 Å². The maximum Gasteiger partial charge on any atom is 0.149 e. The third-order valence-corrected chi connectivity index (χ3v) is 1.20. The van der Waals surface area contributed by atoms with Crippen molar-refractivity contribution in [2.75, 3.05) is 6.61 Å². The molecule has 0 aromatic rings. The summed E-state index contributed by atoms with van der Waals surface area (Å²) in [6.07, 6.45) is 3.20. The molecule has 64 valence electrons. The first-order valence-electron chi connectivity index (χ1n) is 3.96. The first-order chi connectivity index (χ1) is 5.20. The highest BCUT2D eigenvalue weighted by Crippen LogP contribution is 2.07. The predicted octanol–water partition coefficient (Wildman–Crippen LogP) is 2.15. The van der Waals surface area contributed by atoms with Crippen LogP contribution in [0.5, 0.6) is 0 Å². The van der Waals surface area contributed by atoms with Gasteiger partial charge in [-0.25, -0.2) is 0 Å². The quantitative estimate of drug-likeness (QED) is 0.346. The van der Waals surface area contributed by atoms with E-state index < -0.39 is 0 Å². The van der Waals surface area contributed by atoms with Crippen LogP contribution in [0.15, 0.2) is 11.8 Å². The summed E-state index contributed by atoms with van der Waals surface area (Å²) in [7, 11) is 0. The van der Waals surface area contributed by atoms with Crippen LogP contribution in [0.1, 0.15) is 27.2 Å². The van der Waals surface area contributed by atoms with Crippen molar-refractivity contribution >= 4 is 6.29 Å². The van der Waals surface area contributed by atoms with E-state index in [0.29, 0.717) is 12.5 Å². The summed E-state index contributed by atoms with van der Waals surface area (Å²) in [5.74, 6) is 0.506. The smallest absolute Gasteiger partial charge is 0.149 e. The molecule has 0 aliphatic rings. The number of ether oxygens (including phenoxy) is 1. The Morgan fingerprint density at radius 3 is 2.55 bits per heavy atom. The van der Waals surface area contributed by atoms with Gasteiger partial charge in [-0.05, 0) is 19.3 Å². The van der Waals surface area contributed by atoms with Gasteiger partial charge < -0.3 is 4.74 Å². The number of aldehydes is 1. The average Bonchev–Trinajstić information content (AvgIpc) is 1.97. The minimum Gasteiger partial charge on any atom is -0.501 e. The topological polar surface area (TPSA) is 26.3 Å². The molecule has 0 N–H and O–H groups in total. The van der Waals surface area contributed by atoms with Crippen LogP contribution in [0.2, 0.25) is 0 Å². The standard InChI is InChI=1S/C9H16O2/c1-4-11-7-9(6-10)5-8(2)3/h6-8H,4-5H2,1-3H3/b9-7-. The highest BCUT2D eigenvalue weighted by atomic mass is 16.5. The van der Waals surface area contributed by atoms with Crippen LogP contribution >= 0.6 is 0 Å². The molecule has 0 unspecified atom stereocenters. The van der Waals surface area contributed by atoms with E-state index in [1.807, 2.05) is 6.92 Å². The summed E-state index contributed by atoms with van der Waals surface area (Å²) >= 11 is 0. The SMILES string of the molecule is CCO/C=C(\C=O)CC(C)C. The fraction of sp³-hybridized carbons (Fsp3) is 0.667. The second-order valence-electron chi connectivity index (χ2n) is 2.86. The van der Waals surface area contributed by atoms with Gasteiger partial charge in [0.25, 0.3) is 0 Å². The van der Waals surface area contributed by atoms with Crippen LogP contribution in [-0.2, 0) is 9.53 Å². The van der Waals surface area contributed by atoms with Crippen molar-refractivity contribution in [3.63, 3.8) is 0 Å². The minimum absolute atomic E-state index is 0.506. The van der Waals surface area contributed by atoms with Crippen molar-refractivity contribution in [1.29, 1.82) is 0 Å². The lowest BCUT2D eigenvalue weighted by Gasteiger charge is -2.03. The molecule has 2 nitrogen and oxygen atoms in total. The van der Waals surface area contributed by atoms with Gasteiger partial charge in [0.2, 0.25) is 0 Å². The molecule has 0 amide bonds. The second-order valence-corrected chi connectivity index (χ2v) is 2.86. The Bertz CT molecular complexity index is 136. The zero-order valence-corrected chi connectivity index (χ0v) is 7.46. The van der Waals surface area contributed by atoms with Crippen LogP contribution < -0.4 is 0 Å². The Balaban J connectivity index is 3.83. The maximum atomic E-state index is 10.4. The number of carbonyl (C=O) groups is 1. The first kappa shape index (κ1) is 10.2. The Kier molecular flexibility index (Phi) is 5.53. The molecule has 0 aromatic carbocycles. The van der Waals surface area contributed by atoms with Gasteiger partial charge in [-0.2, -0.15) is 0 Å². The molecule has 0 heterocycles. The molecule has 2 heteroatoms. The highest BCUT2D eigenvalue weighted by molar-refractivity contribution is 5.72. The molecule has 0 bridgehead atoms. The van der Waals surface area contributed by atoms with Crippen molar-refractivity contribution < 1.29 is 9.53 Å². The zero-order valence-electron chi connectivity index (χ0n) is 7.46. The van der Waals surface area contributed by atoms with Gasteiger partial charge in [0, 0.05) is 5.57 Å². The molecule has 0 aliphatic carbocycles. The lowest BCUT2D eigenvalue weighted by atomic mass is 10.1. The van der Waals surface area contributed by atoms with E-state index in [1.54, 1.807) is 6.26 Å². The fourth-order valence-electron chi connectivity index (χ4n) is 0.786. The van der Waals surface area contributed by atoms with Gasteiger partial charge in [-0.15, -0.1) is 0 Å². The molecule has 0 rings (SSSR count). The van der Waals surface area contributed by atoms with Gasteiger partial charge in [-0.3, -0.25) is 4.79 Å². The monoisotopic (exact) mass is 156 g/mol. The number of hydrogen-bond donors (Lipinski definition) is 0. The molecule has 0 spiro atoms. The minimum atomic E-state index is 0.506. The van der Waals surface area contributed by atoms with Crippen LogP contribution in [-0.4, -0.2) is 12.9 Å². The zero-order chi connectivity index (χ0) is 8.69. The molecule has 0 aliphatic heterocycles. The molecule has 0 saturated carbocycles. The van der Waals surface area contributed by atoms with Gasteiger partial charge in [-0.1, -0.05) is 13.8 Å². The number of rotatable bonds is 5. The summed E-state index contributed by atoms with van der Waals surface area (Å²) in [6, 6.07) is 0. The normalized spacial score (nSPS) is 11.8. The Morgan fingerprint density at radius 2 is 2.18 bits per heavy atom. The molecule has 0 radical (unpaired) electrons. The number of allylic oxidation sites excluding steroid dienone is 1. The molecular weight excluding hydrogens is 140 g/mol. The van der Waals surface area contributed by atoms with Crippen molar-refractivity contribution in [3.05, 3.63) is 11.8 Å². The number of carbonyl (C=O) groups excluding carboxylic acids is 1. The Labute approximate surface area is 68.2 Å². The summed E-state index contributed by atoms with van der Waals surface area (Å²) in [5.41, 5.74) is 0.738. The van der Waals surface area contributed by atoms with E-state index in [0.717, 1.165) is 18.3 Å². The van der Waals surface area contributed by atoms with Crippen LogP contribution in [0.25, 0.3) is 0 Å². The molecule has 0 fully saturated rings. The summed E-state index contributed by atoms with van der Waals surface area (Å²) in [5, 5.41) is 0. The molecule has 0 atom stereocenters. The predicted molar refractivity (Wildman–Crippen MR) is 45.2 cm³/mol. The summed E-state index contributed by atoms with van der Waals surface area (Å²) in [6.45, 7) is 6.66. The molecule has 11 heavy (non-hydrogen) atoms. The van der Waals surface area contributed by atoms with E-state index in [1.165, 1.54) is 0 Å². The average molecular weight is 156 g/mol. The highest BCUT2D eigenvalue weighted by Gasteiger charge is 1.99. The van der Waals surface area contributed by atoms with Gasteiger partial charge in [0.15, 0.2) is 0 Å². The van der Waals surface area contributed by atoms with E-state index in [-0.39, 0.29) is 0 Å². The molecule has 0 aromatic heterocycles. The Hall–Kier alpha value is -0.790. The van der Waals surface area contributed by atoms with Gasteiger partial charge >= 0.3 is 0 Å². The van der Waals surface area contributed by atoms with E-state index in [4.69, 9.17) is 4.74 Å². The third kappa shape index (κ3) is 5.64. The second kappa shape index (κ2) is 5.96. The summed E-state index contributed by atoms with van der Waals surface area (Å²) in [4.78, 5) is 10.4. The maximum absolute atomic E-state index is 10.4. The largest absolute Gasteiger partial charge is 0.501 e. The van der Waals surface area contributed by atoms with E-state index in [2.05, 4.69) is 13.8 Å². The first-order valence-corrected chi connectivity index (χ1v) is 3.96. The lowest BCUT2D eigenvalue weighted by molar-refractivity contribution is -0.105. The lowest BCUT2D eigenvalue weighted by Crippen LogP contribution is -1.94. The van der Waals surface area contributed by atoms with Crippen LogP contribution in [0, 0.1) is 5.92 Å². The van der Waals surface area contributed by atoms with Crippen LogP contribution in [0.3, 0.4) is 0 Å². The summed E-state index contributed by atoms with van der Waals surface area (Å²) < 4.78 is 4.99. The molecular formula is C9H16O2. The van der Waals surface area contributed by atoms with Crippen molar-refractivity contribution in [1.82, 2.24) is 0 Å². The fourth-order valence-corrected chi connectivity index (χ4v) is 0.786. The van der Waals surface area contributed by atoms with E-state index in [9.17, 15) is 4.79 Å². The number of hydrogen-bond acceptors (Lipinski definition) is 2. The van der Waals surface area contributed by atoms with Crippen molar-refractivity contribution in [3.8, 4) is 0 Å². The van der Waals surface area contributed by atoms with Crippen molar-refractivity contribution in [2.24, 2.45) is 5.92 Å². The third-order valence-electron chi connectivity index (χ3n) is 1.20. The van der Waals surface area contributed by atoms with Gasteiger partial charge in [0.1, 0.15) is 6.29 Å². The van der Waals surface area contributed by atoms with Crippen LogP contribution in [0.4, 0.5) is 0 Å². The Morgan fingerprint density at radius 1 is 1.55 bits per heavy atom. The van der Waals surface area contributed by atoms with Gasteiger partial charge in [0.05, 0.1) is 12.9 Å². The van der Waals surface area contributed by atoms with Crippen molar-refractivity contribution in [2.45, 2.75) is 27.2 Å². The molecule has 0 saturated heterocycles.